The van der Waals surface area contributed by atoms with E-state index in [9.17, 15) is 4.79 Å². The van der Waals surface area contributed by atoms with Crippen molar-refractivity contribution in [2.75, 3.05) is 7.11 Å². The van der Waals surface area contributed by atoms with E-state index in [2.05, 4.69) is 6.08 Å². The first kappa shape index (κ1) is 14.6. The predicted octanol–water partition coefficient (Wildman–Crippen LogP) is 2.52. The maximum atomic E-state index is 11.7. The molecule has 1 saturated heterocycles. The second-order valence-corrected chi connectivity index (χ2v) is 6.37. The molecular weight excluding hydrogens is 243 g/mol. The Hall–Kier alpha value is -0.805. The van der Waals surface area contributed by atoms with Gasteiger partial charge in [-0.2, -0.15) is 0 Å². The van der Waals surface area contributed by atoms with Gasteiger partial charge in [0, 0.05) is 0 Å². The molecule has 5 heteroatoms. The molecule has 1 unspecified atom stereocenters. The number of carbonyl (C=O) groups excluding carboxylic acids is 1. The van der Waals surface area contributed by atoms with Crippen LogP contribution in [0, 0.1) is 5.92 Å². The highest BCUT2D eigenvalue weighted by molar-refractivity contribution is 6.54. The van der Waals surface area contributed by atoms with Crippen LogP contribution in [0.15, 0.2) is 11.5 Å². The zero-order chi connectivity index (χ0) is 14.3. The van der Waals surface area contributed by atoms with E-state index in [4.69, 9.17) is 14.0 Å². The van der Waals surface area contributed by atoms with Gasteiger partial charge in [0.25, 0.3) is 0 Å². The third kappa shape index (κ3) is 2.72. The van der Waals surface area contributed by atoms with Crippen LogP contribution in [-0.4, -0.2) is 31.4 Å². The first-order valence-electron chi connectivity index (χ1n) is 6.89. The van der Waals surface area contributed by atoms with Gasteiger partial charge in [-0.25, -0.2) is 0 Å². The molecule has 19 heavy (non-hydrogen) atoms. The SMILES string of the molecule is COC(=O)C1CCC=C(B2OC(C)(C)C(C)(C)O2)C1. The molecule has 0 bridgehead atoms. The summed E-state index contributed by atoms with van der Waals surface area (Å²) in [6.45, 7) is 8.14. The van der Waals surface area contributed by atoms with Crippen LogP contribution in [0.4, 0.5) is 0 Å². The van der Waals surface area contributed by atoms with E-state index in [0.717, 1.165) is 18.3 Å². The lowest BCUT2D eigenvalue weighted by atomic mass is 9.69. The molecule has 0 N–H and O–H groups in total. The number of rotatable bonds is 2. The Morgan fingerprint density at radius 2 is 1.89 bits per heavy atom. The van der Waals surface area contributed by atoms with E-state index in [0.29, 0.717) is 6.42 Å². The average Bonchev–Trinajstić information content (AvgIpc) is 2.58. The van der Waals surface area contributed by atoms with Crippen molar-refractivity contribution in [3.8, 4) is 0 Å². The summed E-state index contributed by atoms with van der Waals surface area (Å²) in [5.74, 6) is -0.203. The third-order valence-corrected chi connectivity index (χ3v) is 4.49. The fourth-order valence-corrected chi connectivity index (χ4v) is 2.49. The second-order valence-electron chi connectivity index (χ2n) is 6.37. The number of hydrogen-bond donors (Lipinski definition) is 0. The molecule has 1 heterocycles. The Bertz CT molecular complexity index is 384. The molecule has 0 radical (unpaired) electrons. The first-order valence-corrected chi connectivity index (χ1v) is 6.89. The first-order chi connectivity index (χ1) is 8.77. The minimum Gasteiger partial charge on any atom is -0.469 e. The normalized spacial score (nSPS) is 29.0. The van der Waals surface area contributed by atoms with Crippen molar-refractivity contribution in [1.29, 1.82) is 0 Å². The molecule has 0 amide bonds. The van der Waals surface area contributed by atoms with Crippen LogP contribution in [0.25, 0.3) is 0 Å². The summed E-state index contributed by atoms with van der Waals surface area (Å²) in [5, 5.41) is 0. The molecule has 2 rings (SSSR count). The van der Waals surface area contributed by atoms with E-state index in [1.54, 1.807) is 0 Å². The number of allylic oxidation sites excluding steroid dienone is 2. The summed E-state index contributed by atoms with van der Waals surface area (Å²) in [5.41, 5.74) is 0.397. The minimum atomic E-state index is -0.337. The molecule has 106 valence electrons. The zero-order valence-corrected chi connectivity index (χ0v) is 12.5. The molecule has 1 aliphatic heterocycles. The smallest absolute Gasteiger partial charge is 0.469 e. The van der Waals surface area contributed by atoms with Crippen molar-refractivity contribution < 1.29 is 18.8 Å². The van der Waals surface area contributed by atoms with Crippen LogP contribution in [0.1, 0.15) is 47.0 Å². The molecule has 1 aliphatic carbocycles. The second kappa shape index (κ2) is 4.95. The van der Waals surface area contributed by atoms with Crippen LogP contribution >= 0.6 is 0 Å². The summed E-state index contributed by atoms with van der Waals surface area (Å²) < 4.78 is 16.9. The molecular formula is C14H23BO4. The van der Waals surface area contributed by atoms with Gasteiger partial charge in [-0.05, 0) is 52.4 Å². The molecule has 0 aromatic heterocycles. The summed E-state index contributed by atoms with van der Waals surface area (Å²) in [6.07, 6.45) is 4.53. The summed E-state index contributed by atoms with van der Waals surface area (Å²) in [4.78, 5) is 11.7. The molecule has 2 aliphatic rings. The van der Waals surface area contributed by atoms with Gasteiger partial charge < -0.3 is 14.0 Å². The Morgan fingerprint density at radius 3 is 2.42 bits per heavy atom. The van der Waals surface area contributed by atoms with Crippen LogP contribution < -0.4 is 0 Å². The highest BCUT2D eigenvalue weighted by Crippen LogP contribution is 2.40. The monoisotopic (exact) mass is 266 g/mol. The van der Waals surface area contributed by atoms with Gasteiger partial charge in [0.2, 0.25) is 0 Å². The van der Waals surface area contributed by atoms with Gasteiger partial charge in [0.05, 0.1) is 24.2 Å². The lowest BCUT2D eigenvalue weighted by Crippen LogP contribution is -2.41. The standard InChI is InChI=1S/C14H23BO4/c1-13(2)14(3,4)19-15(18-13)11-8-6-7-10(9-11)12(16)17-5/h8,10H,6-7,9H2,1-5H3. The van der Waals surface area contributed by atoms with Crippen LogP contribution in [-0.2, 0) is 18.8 Å². The fraction of sp³-hybridized carbons (Fsp3) is 0.786. The van der Waals surface area contributed by atoms with Crippen molar-refractivity contribution in [3.05, 3.63) is 11.5 Å². The van der Waals surface area contributed by atoms with Gasteiger partial charge in [-0.15, -0.1) is 0 Å². The quantitative estimate of drug-likeness (QED) is 0.569. The van der Waals surface area contributed by atoms with Gasteiger partial charge in [0.15, 0.2) is 0 Å². The molecule has 1 atom stereocenters. The number of ether oxygens (including phenoxy) is 1. The lowest BCUT2D eigenvalue weighted by molar-refractivity contribution is -0.145. The van der Waals surface area contributed by atoms with Crippen LogP contribution in [0.3, 0.4) is 0 Å². The molecule has 0 spiro atoms. The number of hydrogen-bond acceptors (Lipinski definition) is 4. The van der Waals surface area contributed by atoms with E-state index in [1.807, 2.05) is 27.7 Å². The lowest BCUT2D eigenvalue weighted by Gasteiger charge is -2.32. The van der Waals surface area contributed by atoms with E-state index in [1.165, 1.54) is 7.11 Å². The molecule has 4 nitrogen and oxygen atoms in total. The van der Waals surface area contributed by atoms with Gasteiger partial charge in [0.1, 0.15) is 0 Å². The van der Waals surface area contributed by atoms with Crippen molar-refractivity contribution in [2.24, 2.45) is 5.92 Å². The maximum Gasteiger partial charge on any atom is 0.490 e. The Kier molecular flexibility index (Phi) is 3.80. The van der Waals surface area contributed by atoms with Crippen molar-refractivity contribution >= 4 is 13.1 Å². The van der Waals surface area contributed by atoms with Crippen molar-refractivity contribution in [1.82, 2.24) is 0 Å². The predicted molar refractivity (Wildman–Crippen MR) is 73.5 cm³/mol. The Labute approximate surface area is 115 Å². The topological polar surface area (TPSA) is 44.8 Å². The Balaban J connectivity index is 2.08. The molecule has 0 aromatic rings. The van der Waals surface area contributed by atoms with Crippen LogP contribution in [0.2, 0.25) is 0 Å². The molecule has 0 aromatic carbocycles. The molecule has 1 fully saturated rings. The van der Waals surface area contributed by atoms with Gasteiger partial charge >= 0.3 is 13.1 Å². The highest BCUT2D eigenvalue weighted by atomic mass is 16.7. The summed E-state index contributed by atoms with van der Waals surface area (Å²) in [6, 6.07) is 0. The summed E-state index contributed by atoms with van der Waals surface area (Å²) in [7, 11) is 1.10. The number of methoxy groups -OCH3 is 1. The number of carbonyl (C=O) groups is 1. The van der Waals surface area contributed by atoms with Gasteiger partial charge in [-0.1, -0.05) is 6.08 Å². The zero-order valence-electron chi connectivity index (χ0n) is 12.5. The number of esters is 1. The van der Waals surface area contributed by atoms with E-state index >= 15 is 0 Å². The Morgan fingerprint density at radius 1 is 1.32 bits per heavy atom. The third-order valence-electron chi connectivity index (χ3n) is 4.49. The molecule has 0 saturated carbocycles. The largest absolute Gasteiger partial charge is 0.490 e. The maximum absolute atomic E-state index is 11.7. The van der Waals surface area contributed by atoms with Crippen molar-refractivity contribution in [3.63, 3.8) is 0 Å². The van der Waals surface area contributed by atoms with Gasteiger partial charge in [-0.3, -0.25) is 4.79 Å². The summed E-state index contributed by atoms with van der Waals surface area (Å²) >= 11 is 0. The van der Waals surface area contributed by atoms with E-state index in [-0.39, 0.29) is 30.2 Å². The van der Waals surface area contributed by atoms with Crippen molar-refractivity contribution in [2.45, 2.75) is 58.2 Å². The van der Waals surface area contributed by atoms with E-state index < -0.39 is 0 Å². The van der Waals surface area contributed by atoms with Crippen LogP contribution in [0.5, 0.6) is 0 Å². The highest BCUT2D eigenvalue weighted by Gasteiger charge is 2.52. The minimum absolute atomic E-state index is 0.0657. The fourth-order valence-electron chi connectivity index (χ4n) is 2.49. The average molecular weight is 266 g/mol.